The van der Waals surface area contributed by atoms with E-state index >= 15 is 0 Å². The highest BCUT2D eigenvalue weighted by Crippen LogP contribution is 2.30. The molecule has 3 rings (SSSR count). The molecule has 0 spiro atoms. The number of hydrogen-bond donors (Lipinski definition) is 2. The minimum absolute atomic E-state index is 0. The molecule has 1 aromatic heterocycles. The molecule has 0 amide bonds. The third-order valence-electron chi connectivity index (χ3n) is 4.33. The number of guanidine groups is 1. The molecule has 2 aromatic carbocycles. The topological polar surface area (TPSA) is 72.7 Å². The summed E-state index contributed by atoms with van der Waals surface area (Å²) in [6.45, 7) is 3.99. The number of methoxy groups -OCH3 is 1. The summed E-state index contributed by atoms with van der Waals surface area (Å²) >= 11 is 0. The first-order chi connectivity index (χ1) is 14.2. The van der Waals surface area contributed by atoms with Crippen molar-refractivity contribution < 1.29 is 9.47 Å². The van der Waals surface area contributed by atoms with Crippen LogP contribution in [0.2, 0.25) is 0 Å². The Hall–Kier alpha value is -2.75. The van der Waals surface area contributed by atoms with Crippen molar-refractivity contribution in [2.45, 2.75) is 20.0 Å². The lowest BCUT2D eigenvalue weighted by atomic mass is 10.1. The Morgan fingerprint density at radius 1 is 1.13 bits per heavy atom. The van der Waals surface area contributed by atoms with Gasteiger partial charge in [0.1, 0.15) is 0 Å². The van der Waals surface area contributed by atoms with E-state index in [1.807, 2.05) is 42.2 Å². The molecule has 1 heterocycles. The predicted octanol–water partition coefficient (Wildman–Crippen LogP) is 4.14. The van der Waals surface area contributed by atoms with Crippen molar-refractivity contribution >= 4 is 35.6 Å². The molecule has 30 heavy (non-hydrogen) atoms. The van der Waals surface area contributed by atoms with Crippen LogP contribution in [0.4, 0.5) is 5.69 Å². The van der Waals surface area contributed by atoms with Crippen LogP contribution >= 0.6 is 24.0 Å². The van der Waals surface area contributed by atoms with Crippen LogP contribution in [0.25, 0.3) is 0 Å². The summed E-state index contributed by atoms with van der Waals surface area (Å²) in [5, 5.41) is 6.63. The first kappa shape index (κ1) is 23.5. The molecule has 0 fully saturated rings. The van der Waals surface area contributed by atoms with Crippen LogP contribution in [0.15, 0.2) is 66.2 Å². The van der Waals surface area contributed by atoms with Gasteiger partial charge in [0, 0.05) is 44.3 Å². The maximum Gasteiger partial charge on any atom is 0.195 e. The summed E-state index contributed by atoms with van der Waals surface area (Å²) in [5.41, 5.74) is 3.27. The monoisotopic (exact) mass is 521 g/mol. The number of nitrogens with one attached hydrogen (secondary N) is 2. The van der Waals surface area contributed by atoms with Crippen LogP contribution in [0.1, 0.15) is 18.1 Å². The summed E-state index contributed by atoms with van der Waals surface area (Å²) in [4.78, 5) is 8.39. The summed E-state index contributed by atoms with van der Waals surface area (Å²) in [5.74, 6) is 2.08. The maximum atomic E-state index is 5.56. The molecular formula is C22H28IN5O2. The fourth-order valence-electron chi connectivity index (χ4n) is 2.95. The second kappa shape index (κ2) is 12.1. The summed E-state index contributed by atoms with van der Waals surface area (Å²) in [7, 11) is 3.38. The lowest BCUT2D eigenvalue weighted by Gasteiger charge is -2.15. The zero-order valence-corrected chi connectivity index (χ0v) is 19.8. The summed E-state index contributed by atoms with van der Waals surface area (Å²) < 4.78 is 13.0. The van der Waals surface area contributed by atoms with Gasteiger partial charge in [0.2, 0.25) is 0 Å². The molecular weight excluding hydrogens is 493 g/mol. The molecule has 8 heteroatoms. The minimum Gasteiger partial charge on any atom is -0.493 e. The van der Waals surface area contributed by atoms with Gasteiger partial charge < -0.3 is 24.7 Å². The Labute approximate surface area is 194 Å². The largest absolute Gasteiger partial charge is 0.493 e. The van der Waals surface area contributed by atoms with Crippen molar-refractivity contribution in [2.24, 2.45) is 4.99 Å². The number of ether oxygens (including phenoxy) is 2. The highest BCUT2D eigenvalue weighted by Gasteiger charge is 2.07. The molecule has 0 saturated heterocycles. The van der Waals surface area contributed by atoms with Crippen LogP contribution in [0, 0.1) is 0 Å². The molecule has 0 aliphatic rings. The highest BCUT2D eigenvalue weighted by atomic mass is 127. The van der Waals surface area contributed by atoms with Crippen LogP contribution in [-0.4, -0.2) is 36.3 Å². The molecule has 0 aliphatic carbocycles. The molecule has 2 N–H and O–H groups in total. The SMILES string of the molecule is CCOc1ccc(NC(=NC)NCc2cccc(Cn3ccnc3)c2)cc1OC.I. The second-order valence-electron chi connectivity index (χ2n) is 6.40. The Bertz CT molecular complexity index is 944. The molecule has 0 bridgehead atoms. The van der Waals surface area contributed by atoms with Crippen molar-refractivity contribution in [3.63, 3.8) is 0 Å². The van der Waals surface area contributed by atoms with Crippen LogP contribution < -0.4 is 20.1 Å². The number of benzene rings is 2. The van der Waals surface area contributed by atoms with Gasteiger partial charge in [-0.05, 0) is 30.2 Å². The molecule has 3 aromatic rings. The number of halogens is 1. The molecule has 160 valence electrons. The number of aliphatic imine (C=N–C) groups is 1. The molecule has 0 unspecified atom stereocenters. The van der Waals surface area contributed by atoms with E-state index in [9.17, 15) is 0 Å². The Morgan fingerprint density at radius 3 is 2.67 bits per heavy atom. The Balaban J connectivity index is 0.00000320. The number of nitrogens with zero attached hydrogens (tertiary/aromatic N) is 3. The Morgan fingerprint density at radius 2 is 1.97 bits per heavy atom. The molecule has 0 radical (unpaired) electrons. The molecule has 0 aliphatic heterocycles. The zero-order valence-electron chi connectivity index (χ0n) is 17.5. The predicted molar refractivity (Wildman–Crippen MR) is 131 cm³/mol. The van der Waals surface area contributed by atoms with Gasteiger partial charge in [-0.2, -0.15) is 0 Å². The van der Waals surface area contributed by atoms with Crippen LogP contribution in [0.3, 0.4) is 0 Å². The summed E-state index contributed by atoms with van der Waals surface area (Å²) in [6, 6.07) is 14.2. The average molecular weight is 521 g/mol. The van der Waals surface area contributed by atoms with E-state index in [4.69, 9.17) is 9.47 Å². The molecule has 7 nitrogen and oxygen atoms in total. The lowest BCUT2D eigenvalue weighted by Crippen LogP contribution is -2.30. The number of rotatable bonds is 8. The molecule has 0 atom stereocenters. The third kappa shape index (κ3) is 6.65. The van der Waals surface area contributed by atoms with Crippen LogP contribution in [-0.2, 0) is 13.1 Å². The summed E-state index contributed by atoms with van der Waals surface area (Å²) in [6.07, 6.45) is 5.57. The van der Waals surface area contributed by atoms with Gasteiger partial charge in [-0.25, -0.2) is 4.98 Å². The zero-order chi connectivity index (χ0) is 20.5. The van der Waals surface area contributed by atoms with E-state index in [1.165, 1.54) is 11.1 Å². The first-order valence-corrected chi connectivity index (χ1v) is 9.54. The smallest absolute Gasteiger partial charge is 0.195 e. The van der Waals surface area contributed by atoms with Crippen molar-refractivity contribution in [3.05, 3.63) is 72.3 Å². The average Bonchev–Trinajstić information content (AvgIpc) is 3.25. The normalized spacial score (nSPS) is 10.8. The van der Waals surface area contributed by atoms with E-state index in [1.54, 1.807) is 20.4 Å². The quantitative estimate of drug-likeness (QED) is 0.265. The standard InChI is InChI=1S/C22H27N5O2.HI/c1-4-29-20-9-8-19(13-21(20)28-3)26-22(23-2)25-14-17-6-5-7-18(12-17)15-27-11-10-24-16-27;/h5-13,16H,4,14-15H2,1-3H3,(H2,23,25,26);1H. The minimum atomic E-state index is 0. The number of aromatic nitrogens is 2. The maximum absolute atomic E-state index is 5.56. The number of imidazole rings is 1. The van der Waals surface area contributed by atoms with Gasteiger partial charge >= 0.3 is 0 Å². The fourth-order valence-corrected chi connectivity index (χ4v) is 2.95. The van der Waals surface area contributed by atoms with E-state index < -0.39 is 0 Å². The number of anilines is 1. The number of hydrogen-bond acceptors (Lipinski definition) is 4. The van der Waals surface area contributed by atoms with E-state index in [0.29, 0.717) is 24.9 Å². The molecule has 0 saturated carbocycles. The van der Waals surface area contributed by atoms with Gasteiger partial charge in [-0.3, -0.25) is 4.99 Å². The van der Waals surface area contributed by atoms with Gasteiger partial charge in [0.25, 0.3) is 0 Å². The Kier molecular flexibility index (Phi) is 9.46. The van der Waals surface area contributed by atoms with Crippen molar-refractivity contribution in [3.8, 4) is 11.5 Å². The third-order valence-corrected chi connectivity index (χ3v) is 4.33. The van der Waals surface area contributed by atoms with E-state index in [2.05, 4.69) is 44.9 Å². The highest BCUT2D eigenvalue weighted by molar-refractivity contribution is 14.0. The van der Waals surface area contributed by atoms with E-state index in [-0.39, 0.29) is 24.0 Å². The second-order valence-corrected chi connectivity index (χ2v) is 6.40. The fraction of sp³-hybridized carbons (Fsp3) is 0.273. The van der Waals surface area contributed by atoms with Crippen LogP contribution in [0.5, 0.6) is 11.5 Å². The first-order valence-electron chi connectivity index (χ1n) is 9.54. The van der Waals surface area contributed by atoms with Crippen molar-refractivity contribution in [2.75, 3.05) is 26.1 Å². The van der Waals surface area contributed by atoms with E-state index in [0.717, 1.165) is 18.0 Å². The van der Waals surface area contributed by atoms with Gasteiger partial charge in [0.05, 0.1) is 20.0 Å². The van der Waals surface area contributed by atoms with Gasteiger partial charge in [0.15, 0.2) is 17.5 Å². The lowest BCUT2D eigenvalue weighted by molar-refractivity contribution is 0.311. The van der Waals surface area contributed by atoms with Crippen molar-refractivity contribution in [1.82, 2.24) is 14.9 Å². The van der Waals surface area contributed by atoms with Gasteiger partial charge in [-0.1, -0.05) is 24.3 Å². The van der Waals surface area contributed by atoms with Crippen molar-refractivity contribution in [1.29, 1.82) is 0 Å². The van der Waals surface area contributed by atoms with Gasteiger partial charge in [-0.15, -0.1) is 24.0 Å².